The van der Waals surface area contributed by atoms with E-state index in [9.17, 15) is 35.1 Å². The van der Waals surface area contributed by atoms with Gasteiger partial charge in [-0.15, -0.1) is 0 Å². The number of ether oxygens (including phenoxy) is 3. The van der Waals surface area contributed by atoms with Crippen LogP contribution >= 0.6 is 0 Å². The minimum atomic E-state index is -1.61. The first-order valence-corrected chi connectivity index (χ1v) is 35.3. The van der Waals surface area contributed by atoms with Crippen LogP contribution in [0.25, 0.3) is 0 Å². The third kappa shape index (κ3) is 46.1. The average Bonchev–Trinajstić information content (AvgIpc) is 3.68. The van der Waals surface area contributed by atoms with E-state index in [1.165, 1.54) is 238 Å². The quantitative estimate of drug-likeness (QED) is 0.0195. The number of hydrogen-bond acceptors (Lipinski definition) is 10. The van der Waals surface area contributed by atoms with Crippen molar-refractivity contribution in [2.75, 3.05) is 13.2 Å². The summed E-state index contributed by atoms with van der Waals surface area (Å²) in [4.78, 5) is 26.7. The van der Waals surface area contributed by atoms with Crippen LogP contribution in [-0.4, -0.2) is 99.6 Å². The summed E-state index contributed by atoms with van der Waals surface area (Å²) in [7, 11) is 0. The molecule has 482 valence electrons. The van der Waals surface area contributed by atoms with E-state index < -0.39 is 67.4 Å². The smallest absolute Gasteiger partial charge is 0.306 e. The van der Waals surface area contributed by atoms with Crippen molar-refractivity contribution in [2.24, 2.45) is 0 Å². The summed E-state index contributed by atoms with van der Waals surface area (Å²) < 4.78 is 17.7. The molecule has 6 N–H and O–H groups in total. The van der Waals surface area contributed by atoms with Gasteiger partial charge in [0.15, 0.2) is 12.4 Å². The Hall–Kier alpha value is -2.12. The van der Waals surface area contributed by atoms with Gasteiger partial charge < -0.3 is 45.1 Å². The normalized spacial score (nSPS) is 18.8. The molecule has 1 aliphatic heterocycles. The van der Waals surface area contributed by atoms with Crippen LogP contribution in [0.1, 0.15) is 342 Å². The number of hydrogen-bond donors (Lipinski definition) is 6. The minimum Gasteiger partial charge on any atom is -0.454 e. The van der Waals surface area contributed by atoms with Crippen molar-refractivity contribution in [1.29, 1.82) is 0 Å². The molecule has 0 bridgehead atoms. The highest BCUT2D eigenvalue weighted by Gasteiger charge is 2.47. The molecule has 11 heteroatoms. The van der Waals surface area contributed by atoms with Gasteiger partial charge in [-0.3, -0.25) is 9.59 Å². The van der Waals surface area contributed by atoms with E-state index in [1.54, 1.807) is 6.08 Å². The van der Waals surface area contributed by atoms with Crippen molar-refractivity contribution in [2.45, 2.75) is 391 Å². The Morgan fingerprint density at radius 2 is 0.805 bits per heavy atom. The number of carbonyl (C=O) groups is 2. The van der Waals surface area contributed by atoms with Gasteiger partial charge in [0.25, 0.3) is 0 Å². The minimum absolute atomic E-state index is 0.124. The molecule has 1 aliphatic rings. The lowest BCUT2D eigenvalue weighted by atomic mass is 9.99. The first-order valence-electron chi connectivity index (χ1n) is 35.3. The number of unbranched alkanes of at least 4 members (excludes halogenated alkanes) is 43. The summed E-state index contributed by atoms with van der Waals surface area (Å²) in [5.41, 5.74) is 0. The fourth-order valence-electron chi connectivity index (χ4n) is 11.2. The number of esters is 1. The zero-order chi connectivity index (χ0) is 59.6. The molecule has 1 heterocycles. The van der Waals surface area contributed by atoms with Crippen LogP contribution in [0.5, 0.6) is 0 Å². The topological polar surface area (TPSA) is 175 Å². The Bertz CT molecular complexity index is 1470. The molecule has 1 fully saturated rings. The molecule has 0 radical (unpaired) electrons. The number of nitrogens with one attached hydrogen (secondary N) is 1. The second-order valence-corrected chi connectivity index (χ2v) is 24.6. The Labute approximate surface area is 504 Å². The lowest BCUT2D eigenvalue weighted by Crippen LogP contribution is -2.61. The monoisotopic (exact) mass is 1160 g/mol. The van der Waals surface area contributed by atoms with Crippen molar-refractivity contribution >= 4 is 11.9 Å². The van der Waals surface area contributed by atoms with E-state index in [0.29, 0.717) is 19.3 Å². The fraction of sp³-hybridized carbons (Fsp3) is 0.887. The highest BCUT2D eigenvalue weighted by atomic mass is 16.7. The zero-order valence-electron chi connectivity index (χ0n) is 53.6. The van der Waals surface area contributed by atoms with Crippen LogP contribution in [0.4, 0.5) is 0 Å². The van der Waals surface area contributed by atoms with E-state index in [2.05, 4.69) is 50.4 Å². The van der Waals surface area contributed by atoms with Gasteiger partial charge >= 0.3 is 5.97 Å². The number of carbonyl (C=O) groups excluding carboxylic acids is 2. The maximum absolute atomic E-state index is 13.5. The first-order chi connectivity index (χ1) is 40.2. The number of amides is 1. The second kappa shape index (κ2) is 59.2. The standard InChI is InChI=1S/C71H133NO10/c1-4-7-10-13-16-19-22-25-27-29-31-32-33-35-36-38-40-43-46-49-52-55-58-64(75)70(79)72-62(63(74)57-54-51-48-45-42-24-21-18-15-12-9-6-3)61-80-71-69(68(78)67(77)65(60-73)81-71)82-66(76)59-56-53-50-47-44-41-39-37-34-30-28-26-23-20-17-14-11-8-5-2/h25-28,54,57,62-65,67-69,71,73-75,77-78H,4-24,29-53,55-56,58-61H2,1-3H3,(H,72,79)/b27-25+,28-26+,57-54+. The molecular weight excluding hydrogens is 1030 g/mol. The van der Waals surface area contributed by atoms with Crippen molar-refractivity contribution in [1.82, 2.24) is 5.32 Å². The van der Waals surface area contributed by atoms with Crippen molar-refractivity contribution in [3.8, 4) is 0 Å². The SMILES string of the molecule is CCCCCCCC/C=C/CCCCCCCCCCCCCCC(O)C(=O)NC(COC1OC(CO)C(O)C(O)C1OC(=O)CCCCCCCCCCC/C=C/CCCCCCCC)C(O)/C=C/CCCCCCCCCCCC. The van der Waals surface area contributed by atoms with Gasteiger partial charge in [0, 0.05) is 6.42 Å². The van der Waals surface area contributed by atoms with Gasteiger partial charge in [0.1, 0.15) is 24.4 Å². The zero-order valence-corrected chi connectivity index (χ0v) is 53.6. The van der Waals surface area contributed by atoms with Crippen LogP contribution < -0.4 is 5.32 Å². The van der Waals surface area contributed by atoms with Crippen molar-refractivity contribution in [3.05, 3.63) is 36.5 Å². The number of aliphatic hydroxyl groups excluding tert-OH is 5. The maximum Gasteiger partial charge on any atom is 0.306 e. The summed E-state index contributed by atoms with van der Waals surface area (Å²) in [5.74, 6) is -1.18. The van der Waals surface area contributed by atoms with Crippen LogP contribution in [0, 0.1) is 0 Å². The molecule has 0 aromatic rings. The molecule has 11 nitrogen and oxygen atoms in total. The molecule has 0 aromatic carbocycles. The third-order valence-corrected chi connectivity index (χ3v) is 16.8. The number of aliphatic hydroxyl groups is 5. The van der Waals surface area contributed by atoms with Gasteiger partial charge in [0.05, 0.1) is 25.4 Å². The predicted molar refractivity (Wildman–Crippen MR) is 343 cm³/mol. The highest BCUT2D eigenvalue weighted by Crippen LogP contribution is 2.26. The van der Waals surface area contributed by atoms with Crippen LogP contribution in [0.3, 0.4) is 0 Å². The van der Waals surface area contributed by atoms with E-state index >= 15 is 0 Å². The van der Waals surface area contributed by atoms with Crippen molar-refractivity contribution in [3.63, 3.8) is 0 Å². The summed E-state index contributed by atoms with van der Waals surface area (Å²) >= 11 is 0. The molecular formula is C71H133NO10. The maximum atomic E-state index is 13.5. The van der Waals surface area contributed by atoms with Gasteiger partial charge in [-0.05, 0) is 77.0 Å². The van der Waals surface area contributed by atoms with Crippen molar-refractivity contribution < 1.29 is 49.3 Å². The Morgan fingerprint density at radius 3 is 1.18 bits per heavy atom. The van der Waals surface area contributed by atoms with Crippen LogP contribution in [0.15, 0.2) is 36.5 Å². The molecule has 1 saturated heterocycles. The van der Waals surface area contributed by atoms with Crippen LogP contribution in [-0.2, 0) is 23.8 Å². The van der Waals surface area contributed by atoms with E-state index in [-0.39, 0.29) is 13.0 Å². The first kappa shape index (κ1) is 77.9. The molecule has 8 atom stereocenters. The Balaban J connectivity index is 2.58. The Kier molecular flexibility index (Phi) is 56.3. The molecule has 0 spiro atoms. The van der Waals surface area contributed by atoms with Gasteiger partial charge in [-0.25, -0.2) is 0 Å². The number of rotatable bonds is 61. The molecule has 82 heavy (non-hydrogen) atoms. The molecule has 8 unspecified atom stereocenters. The average molecular weight is 1160 g/mol. The molecule has 0 aromatic heterocycles. The van der Waals surface area contributed by atoms with E-state index in [0.717, 1.165) is 57.8 Å². The fourth-order valence-corrected chi connectivity index (χ4v) is 11.2. The number of allylic oxidation sites excluding steroid dienone is 5. The largest absolute Gasteiger partial charge is 0.454 e. The van der Waals surface area contributed by atoms with E-state index in [1.807, 2.05) is 6.08 Å². The lowest BCUT2D eigenvalue weighted by Gasteiger charge is -2.41. The Morgan fingerprint density at radius 1 is 0.463 bits per heavy atom. The summed E-state index contributed by atoms with van der Waals surface area (Å²) in [6.45, 7) is 5.83. The van der Waals surface area contributed by atoms with Gasteiger partial charge in [-0.1, -0.05) is 295 Å². The predicted octanol–water partition coefficient (Wildman–Crippen LogP) is 17.8. The molecule has 0 aliphatic carbocycles. The summed E-state index contributed by atoms with van der Waals surface area (Å²) in [5, 5.41) is 57.2. The second-order valence-electron chi connectivity index (χ2n) is 24.6. The highest BCUT2D eigenvalue weighted by molar-refractivity contribution is 5.80. The van der Waals surface area contributed by atoms with E-state index in [4.69, 9.17) is 14.2 Å². The van der Waals surface area contributed by atoms with Gasteiger partial charge in [-0.2, -0.15) is 0 Å². The van der Waals surface area contributed by atoms with Gasteiger partial charge in [0.2, 0.25) is 5.91 Å². The molecule has 1 rings (SSSR count). The summed E-state index contributed by atoms with van der Waals surface area (Å²) in [6, 6.07) is -1.02. The third-order valence-electron chi connectivity index (χ3n) is 16.8. The van der Waals surface area contributed by atoms with Crippen LogP contribution in [0.2, 0.25) is 0 Å². The molecule has 0 saturated carbocycles. The molecule has 1 amide bonds. The lowest BCUT2D eigenvalue weighted by molar-refractivity contribution is -0.305. The summed E-state index contributed by atoms with van der Waals surface area (Å²) in [6.07, 6.45) is 61.8.